The molecule has 1 aromatic rings. The van der Waals surface area contributed by atoms with Crippen LogP contribution in [0, 0.1) is 0 Å². The van der Waals surface area contributed by atoms with Crippen LogP contribution in [0.5, 0.6) is 11.5 Å². The van der Waals surface area contributed by atoms with E-state index in [-0.39, 0.29) is 0 Å². The molecule has 3 nitrogen and oxygen atoms in total. The number of benzene rings is 1. The molecule has 0 saturated carbocycles. The average Bonchev–Trinajstić information content (AvgIpc) is 2.65. The van der Waals surface area contributed by atoms with Gasteiger partial charge in [-0.3, -0.25) is 0 Å². The lowest BCUT2D eigenvalue weighted by Crippen LogP contribution is -2.06. The molecule has 0 bridgehead atoms. The van der Waals surface area contributed by atoms with Gasteiger partial charge >= 0.3 is 0 Å². The van der Waals surface area contributed by atoms with Crippen molar-refractivity contribution in [2.24, 2.45) is 5.73 Å². The Hall–Kier alpha value is -1.22. The third-order valence-corrected chi connectivity index (χ3v) is 2.28. The van der Waals surface area contributed by atoms with Gasteiger partial charge in [-0.05, 0) is 24.6 Å². The molecule has 0 spiro atoms. The Morgan fingerprint density at radius 3 is 3.21 bits per heavy atom. The highest BCUT2D eigenvalue weighted by Gasteiger charge is 2.12. The molecule has 0 aliphatic carbocycles. The van der Waals surface area contributed by atoms with E-state index in [1.165, 1.54) is 5.56 Å². The highest BCUT2D eigenvalue weighted by atomic mass is 16.5. The predicted molar refractivity (Wildman–Crippen MR) is 54.8 cm³/mol. The molecule has 0 unspecified atom stereocenters. The fraction of sp³-hybridized carbons (Fsp3) is 0.455. The first-order valence-electron chi connectivity index (χ1n) is 4.99. The molecule has 0 amide bonds. The van der Waals surface area contributed by atoms with Gasteiger partial charge in [-0.1, -0.05) is 6.07 Å². The third kappa shape index (κ3) is 1.99. The summed E-state index contributed by atoms with van der Waals surface area (Å²) in [6.45, 7) is 2.14. The second-order valence-electron chi connectivity index (χ2n) is 3.36. The summed E-state index contributed by atoms with van der Waals surface area (Å²) in [4.78, 5) is 0. The van der Waals surface area contributed by atoms with Crippen molar-refractivity contribution in [1.29, 1.82) is 0 Å². The fourth-order valence-corrected chi connectivity index (χ4v) is 1.51. The van der Waals surface area contributed by atoms with Crippen LogP contribution >= 0.6 is 0 Å². The van der Waals surface area contributed by atoms with E-state index in [1.807, 2.05) is 12.1 Å². The lowest BCUT2D eigenvalue weighted by atomic mass is 10.2. The van der Waals surface area contributed by atoms with Crippen LogP contribution < -0.4 is 15.2 Å². The Morgan fingerprint density at radius 1 is 1.43 bits per heavy atom. The van der Waals surface area contributed by atoms with Gasteiger partial charge in [0.25, 0.3) is 0 Å². The molecule has 1 aliphatic heterocycles. The van der Waals surface area contributed by atoms with Gasteiger partial charge in [0.1, 0.15) is 11.5 Å². The molecular weight excluding hydrogens is 178 g/mol. The van der Waals surface area contributed by atoms with E-state index < -0.39 is 0 Å². The zero-order valence-corrected chi connectivity index (χ0v) is 8.16. The average molecular weight is 193 g/mol. The Morgan fingerprint density at radius 2 is 2.36 bits per heavy atom. The fourth-order valence-electron chi connectivity index (χ4n) is 1.51. The van der Waals surface area contributed by atoms with E-state index in [4.69, 9.17) is 15.2 Å². The Bertz CT molecular complexity index is 312. The summed E-state index contributed by atoms with van der Waals surface area (Å²) in [5, 5.41) is 0. The summed E-state index contributed by atoms with van der Waals surface area (Å²) >= 11 is 0. The van der Waals surface area contributed by atoms with Crippen LogP contribution in [0.2, 0.25) is 0 Å². The highest BCUT2D eigenvalue weighted by Crippen LogP contribution is 2.29. The lowest BCUT2D eigenvalue weighted by Gasteiger charge is -2.06. The number of fused-ring (bicyclic) bond motifs is 1. The summed E-state index contributed by atoms with van der Waals surface area (Å²) in [6.07, 6.45) is 1.90. The van der Waals surface area contributed by atoms with Gasteiger partial charge in [0.2, 0.25) is 0 Å². The van der Waals surface area contributed by atoms with Gasteiger partial charge in [0.05, 0.1) is 13.2 Å². The van der Waals surface area contributed by atoms with Gasteiger partial charge in [-0.15, -0.1) is 0 Å². The molecule has 0 saturated heterocycles. The van der Waals surface area contributed by atoms with Crippen molar-refractivity contribution in [2.45, 2.75) is 12.8 Å². The molecule has 0 aromatic heterocycles. The van der Waals surface area contributed by atoms with Gasteiger partial charge in [-0.2, -0.15) is 0 Å². The van der Waals surface area contributed by atoms with Gasteiger partial charge in [0.15, 0.2) is 0 Å². The highest BCUT2D eigenvalue weighted by molar-refractivity contribution is 5.42. The standard InChI is InChI=1S/C11H15NO2/c12-5-1-6-13-10-3-2-9-4-7-14-11(9)8-10/h2-3,8H,1,4-7,12H2. The number of hydrogen-bond donors (Lipinski definition) is 1. The van der Waals surface area contributed by atoms with Crippen LogP contribution in [0.15, 0.2) is 18.2 Å². The molecule has 1 aliphatic rings. The first-order valence-corrected chi connectivity index (χ1v) is 4.99. The molecule has 76 valence electrons. The second-order valence-corrected chi connectivity index (χ2v) is 3.36. The van der Waals surface area contributed by atoms with Crippen molar-refractivity contribution in [3.8, 4) is 11.5 Å². The van der Waals surface area contributed by atoms with Crippen molar-refractivity contribution in [1.82, 2.24) is 0 Å². The van der Waals surface area contributed by atoms with Crippen LogP contribution in [0.25, 0.3) is 0 Å². The monoisotopic (exact) mass is 193 g/mol. The normalized spacial score (nSPS) is 13.5. The molecule has 2 N–H and O–H groups in total. The Balaban J connectivity index is 1.98. The van der Waals surface area contributed by atoms with Crippen LogP contribution in [0.1, 0.15) is 12.0 Å². The van der Waals surface area contributed by atoms with Crippen LogP contribution in [0.4, 0.5) is 0 Å². The SMILES string of the molecule is NCCCOc1ccc2c(c1)OCC2. The van der Waals surface area contributed by atoms with E-state index in [1.54, 1.807) is 0 Å². The van der Waals surface area contributed by atoms with Crippen LogP contribution in [-0.4, -0.2) is 19.8 Å². The van der Waals surface area contributed by atoms with Gasteiger partial charge in [-0.25, -0.2) is 0 Å². The van der Waals surface area contributed by atoms with E-state index >= 15 is 0 Å². The van der Waals surface area contributed by atoms with Crippen molar-refractivity contribution < 1.29 is 9.47 Å². The van der Waals surface area contributed by atoms with Crippen molar-refractivity contribution in [2.75, 3.05) is 19.8 Å². The lowest BCUT2D eigenvalue weighted by molar-refractivity contribution is 0.309. The first-order chi connectivity index (χ1) is 6.90. The molecule has 2 rings (SSSR count). The summed E-state index contributed by atoms with van der Waals surface area (Å²) in [5.41, 5.74) is 6.65. The first kappa shape index (κ1) is 9.34. The number of rotatable bonds is 4. The van der Waals surface area contributed by atoms with E-state index in [2.05, 4.69) is 6.07 Å². The van der Waals surface area contributed by atoms with Gasteiger partial charge in [0, 0.05) is 12.5 Å². The zero-order valence-electron chi connectivity index (χ0n) is 8.16. The molecular formula is C11H15NO2. The largest absolute Gasteiger partial charge is 0.493 e. The number of hydrogen-bond acceptors (Lipinski definition) is 3. The van der Waals surface area contributed by atoms with E-state index in [0.29, 0.717) is 13.2 Å². The van der Waals surface area contributed by atoms with Crippen molar-refractivity contribution in [3.05, 3.63) is 23.8 Å². The Labute approximate surface area is 83.8 Å². The molecule has 14 heavy (non-hydrogen) atoms. The molecule has 0 atom stereocenters. The maximum atomic E-state index is 5.51. The van der Waals surface area contributed by atoms with Crippen LogP contribution in [0.3, 0.4) is 0 Å². The smallest absolute Gasteiger partial charge is 0.126 e. The summed E-state index contributed by atoms with van der Waals surface area (Å²) in [5.74, 6) is 1.84. The topological polar surface area (TPSA) is 44.5 Å². The molecule has 0 fully saturated rings. The molecule has 3 heteroatoms. The van der Waals surface area contributed by atoms with E-state index in [0.717, 1.165) is 30.9 Å². The zero-order chi connectivity index (χ0) is 9.80. The molecule has 0 radical (unpaired) electrons. The predicted octanol–water partition coefficient (Wildman–Crippen LogP) is 1.35. The molecule has 1 aromatic carbocycles. The van der Waals surface area contributed by atoms with Crippen molar-refractivity contribution in [3.63, 3.8) is 0 Å². The minimum atomic E-state index is 0.668. The summed E-state index contributed by atoms with van der Waals surface area (Å²) < 4.78 is 11.0. The summed E-state index contributed by atoms with van der Waals surface area (Å²) in [6, 6.07) is 6.02. The maximum absolute atomic E-state index is 5.51. The number of nitrogens with two attached hydrogens (primary N) is 1. The van der Waals surface area contributed by atoms with Gasteiger partial charge < -0.3 is 15.2 Å². The Kier molecular flexibility index (Phi) is 2.89. The molecule has 1 heterocycles. The van der Waals surface area contributed by atoms with Crippen molar-refractivity contribution >= 4 is 0 Å². The maximum Gasteiger partial charge on any atom is 0.126 e. The second kappa shape index (κ2) is 4.33. The van der Waals surface area contributed by atoms with E-state index in [9.17, 15) is 0 Å². The number of ether oxygens (including phenoxy) is 2. The summed E-state index contributed by atoms with van der Waals surface area (Å²) in [7, 11) is 0. The minimum absolute atomic E-state index is 0.668. The quantitative estimate of drug-likeness (QED) is 0.734. The third-order valence-electron chi connectivity index (χ3n) is 2.28. The minimum Gasteiger partial charge on any atom is -0.493 e. The van der Waals surface area contributed by atoms with Crippen LogP contribution in [-0.2, 0) is 6.42 Å².